The van der Waals surface area contributed by atoms with Crippen LogP contribution in [0.2, 0.25) is 0 Å². The lowest BCUT2D eigenvalue weighted by molar-refractivity contribution is -0.141. The molecule has 2 aromatic rings. The van der Waals surface area contributed by atoms with Crippen LogP contribution >= 0.6 is 11.3 Å². The molecule has 1 aliphatic heterocycles. The monoisotopic (exact) mass is 402 g/mol. The summed E-state index contributed by atoms with van der Waals surface area (Å²) < 4.78 is 19.2. The molecule has 1 atom stereocenters. The van der Waals surface area contributed by atoms with E-state index >= 15 is 0 Å². The first-order valence-corrected chi connectivity index (χ1v) is 9.98. The van der Waals surface area contributed by atoms with Crippen molar-refractivity contribution in [2.45, 2.75) is 19.4 Å². The largest absolute Gasteiger partial charge is 0.491 e. The van der Waals surface area contributed by atoms with Gasteiger partial charge in [-0.1, -0.05) is 12.1 Å². The van der Waals surface area contributed by atoms with Crippen LogP contribution in [0.15, 0.2) is 48.4 Å². The van der Waals surface area contributed by atoms with Crippen molar-refractivity contribution in [1.82, 2.24) is 9.80 Å². The normalized spacial score (nSPS) is 15.6. The summed E-state index contributed by atoms with van der Waals surface area (Å²) in [6.45, 7) is 6.18. The second-order valence-corrected chi connectivity index (χ2v) is 7.61. The van der Waals surface area contributed by atoms with Crippen molar-refractivity contribution in [3.63, 3.8) is 0 Å². The van der Waals surface area contributed by atoms with Gasteiger partial charge in [0.1, 0.15) is 24.7 Å². The van der Waals surface area contributed by atoms with Gasteiger partial charge in [0.05, 0.1) is 6.04 Å². The number of benzene rings is 1. The smallest absolute Gasteiger partial charge is 0.242 e. The van der Waals surface area contributed by atoms with Gasteiger partial charge in [0, 0.05) is 31.0 Å². The number of nitrogens with zero attached hydrogens (tertiary/aromatic N) is 2. The Hall–Kier alpha value is -2.67. The summed E-state index contributed by atoms with van der Waals surface area (Å²) in [6, 6.07) is 7.69. The third-order valence-electron chi connectivity index (χ3n) is 4.74. The van der Waals surface area contributed by atoms with Gasteiger partial charge in [0.25, 0.3) is 0 Å². The van der Waals surface area contributed by atoms with Crippen molar-refractivity contribution in [3.8, 4) is 5.75 Å². The number of carbonyl (C=O) groups excluding carboxylic acids is 2. The molecule has 5 nitrogen and oxygen atoms in total. The molecule has 0 saturated heterocycles. The fourth-order valence-corrected chi connectivity index (χ4v) is 4.25. The minimum atomic E-state index is -0.369. The van der Waals surface area contributed by atoms with Gasteiger partial charge in [0.15, 0.2) is 0 Å². The molecule has 0 radical (unpaired) electrons. The first kappa shape index (κ1) is 20.1. The van der Waals surface area contributed by atoms with E-state index in [4.69, 9.17) is 4.74 Å². The summed E-state index contributed by atoms with van der Waals surface area (Å²) in [4.78, 5) is 29.2. The summed E-state index contributed by atoms with van der Waals surface area (Å²) in [6.07, 6.45) is 2.38. The van der Waals surface area contributed by atoms with E-state index in [0.717, 1.165) is 12.0 Å². The van der Waals surface area contributed by atoms with E-state index in [0.29, 0.717) is 18.8 Å². The van der Waals surface area contributed by atoms with Crippen LogP contribution in [0.4, 0.5) is 4.39 Å². The quantitative estimate of drug-likeness (QED) is 0.667. The SMILES string of the molecule is C=CCN(CC(=O)N1CCc2sccc2C1COc1cccc(F)c1)C(C)=O. The highest BCUT2D eigenvalue weighted by Gasteiger charge is 2.33. The van der Waals surface area contributed by atoms with Crippen molar-refractivity contribution < 1.29 is 18.7 Å². The van der Waals surface area contributed by atoms with E-state index in [1.807, 2.05) is 11.4 Å². The fraction of sp³-hybridized carbons (Fsp3) is 0.333. The topological polar surface area (TPSA) is 49.9 Å². The van der Waals surface area contributed by atoms with Crippen molar-refractivity contribution in [2.24, 2.45) is 0 Å². The number of rotatable bonds is 7. The fourth-order valence-electron chi connectivity index (χ4n) is 3.32. The van der Waals surface area contributed by atoms with Gasteiger partial charge in [-0.15, -0.1) is 17.9 Å². The Labute approximate surface area is 168 Å². The van der Waals surface area contributed by atoms with E-state index in [1.165, 1.54) is 28.8 Å². The van der Waals surface area contributed by atoms with Crippen LogP contribution in [0.1, 0.15) is 23.4 Å². The van der Waals surface area contributed by atoms with E-state index in [2.05, 4.69) is 6.58 Å². The van der Waals surface area contributed by atoms with Crippen molar-refractivity contribution in [1.29, 1.82) is 0 Å². The van der Waals surface area contributed by atoms with Gasteiger partial charge >= 0.3 is 0 Å². The molecule has 1 aromatic heterocycles. The Balaban J connectivity index is 1.77. The number of thiophene rings is 1. The molecule has 0 fully saturated rings. The van der Waals surface area contributed by atoms with Gasteiger partial charge in [-0.3, -0.25) is 9.59 Å². The van der Waals surface area contributed by atoms with Crippen LogP contribution in [0.25, 0.3) is 0 Å². The zero-order valence-corrected chi connectivity index (χ0v) is 16.6. The highest BCUT2D eigenvalue weighted by atomic mass is 32.1. The maximum atomic E-state index is 13.4. The third kappa shape index (κ3) is 4.59. The summed E-state index contributed by atoms with van der Waals surface area (Å²) in [5.41, 5.74) is 1.05. The van der Waals surface area contributed by atoms with E-state index in [1.54, 1.807) is 34.4 Å². The molecule has 0 spiro atoms. The van der Waals surface area contributed by atoms with Crippen LogP contribution in [0.5, 0.6) is 5.75 Å². The number of carbonyl (C=O) groups is 2. The molecule has 2 heterocycles. The Morgan fingerprint density at radius 3 is 2.96 bits per heavy atom. The van der Waals surface area contributed by atoms with Gasteiger partial charge in [-0.2, -0.15) is 0 Å². The van der Waals surface area contributed by atoms with Gasteiger partial charge < -0.3 is 14.5 Å². The third-order valence-corrected chi connectivity index (χ3v) is 5.74. The average molecular weight is 402 g/mol. The molecule has 3 rings (SSSR count). The molecule has 0 aliphatic carbocycles. The second kappa shape index (κ2) is 9.01. The molecular weight excluding hydrogens is 379 g/mol. The molecule has 148 valence electrons. The first-order valence-electron chi connectivity index (χ1n) is 9.10. The number of halogens is 1. The molecule has 1 unspecified atom stereocenters. The van der Waals surface area contributed by atoms with Crippen molar-refractivity contribution >= 4 is 23.2 Å². The van der Waals surface area contributed by atoms with Crippen LogP contribution in [0.3, 0.4) is 0 Å². The molecule has 2 amide bonds. The molecule has 0 bridgehead atoms. The van der Waals surface area contributed by atoms with Gasteiger partial charge in [0.2, 0.25) is 11.8 Å². The minimum Gasteiger partial charge on any atom is -0.491 e. The summed E-state index contributed by atoms with van der Waals surface area (Å²) in [7, 11) is 0. The number of amides is 2. The molecule has 0 saturated carbocycles. The Kier molecular flexibility index (Phi) is 6.46. The molecular formula is C21H23FN2O3S. The summed E-state index contributed by atoms with van der Waals surface area (Å²) in [5.74, 6) is -0.255. The second-order valence-electron chi connectivity index (χ2n) is 6.61. The standard InChI is InChI=1S/C21H23FN2O3S/c1-3-9-23(15(2)25)13-21(26)24-10-7-20-18(8-11-28-20)19(24)14-27-17-6-4-5-16(22)12-17/h3-6,8,11-12,19H,1,7,9-10,13-14H2,2H3. The van der Waals surface area contributed by atoms with E-state index in [-0.39, 0.29) is 36.8 Å². The lowest BCUT2D eigenvalue weighted by Gasteiger charge is -2.37. The molecule has 28 heavy (non-hydrogen) atoms. The molecule has 1 aliphatic rings. The minimum absolute atomic E-state index is 0.00269. The van der Waals surface area contributed by atoms with Crippen molar-refractivity contribution in [3.05, 3.63) is 64.6 Å². The number of hydrogen-bond donors (Lipinski definition) is 0. The summed E-state index contributed by atoms with van der Waals surface area (Å²) >= 11 is 1.66. The zero-order valence-electron chi connectivity index (χ0n) is 15.8. The number of ether oxygens (including phenoxy) is 1. The Morgan fingerprint density at radius 1 is 1.43 bits per heavy atom. The molecule has 7 heteroatoms. The van der Waals surface area contributed by atoms with Crippen LogP contribution < -0.4 is 4.74 Å². The first-order chi connectivity index (χ1) is 13.5. The lowest BCUT2D eigenvalue weighted by Crippen LogP contribution is -2.47. The van der Waals surface area contributed by atoms with Gasteiger partial charge in [-0.25, -0.2) is 4.39 Å². The molecule has 0 N–H and O–H groups in total. The zero-order chi connectivity index (χ0) is 20.1. The number of fused-ring (bicyclic) bond motifs is 1. The summed E-state index contributed by atoms with van der Waals surface area (Å²) in [5, 5.41) is 2.01. The predicted molar refractivity (Wildman–Crippen MR) is 107 cm³/mol. The highest BCUT2D eigenvalue weighted by molar-refractivity contribution is 7.10. The predicted octanol–water partition coefficient (Wildman–Crippen LogP) is 3.43. The van der Waals surface area contributed by atoms with Gasteiger partial charge in [-0.05, 0) is 35.6 Å². The average Bonchev–Trinajstić information content (AvgIpc) is 3.14. The maximum absolute atomic E-state index is 13.4. The van der Waals surface area contributed by atoms with E-state index < -0.39 is 0 Å². The molecule has 1 aromatic carbocycles. The van der Waals surface area contributed by atoms with Crippen molar-refractivity contribution in [2.75, 3.05) is 26.2 Å². The maximum Gasteiger partial charge on any atom is 0.242 e. The Morgan fingerprint density at radius 2 is 2.25 bits per heavy atom. The number of hydrogen-bond acceptors (Lipinski definition) is 4. The Bertz CT molecular complexity index is 867. The van der Waals surface area contributed by atoms with E-state index in [9.17, 15) is 14.0 Å². The van der Waals surface area contributed by atoms with Crippen LogP contribution in [-0.4, -0.2) is 47.9 Å². The van der Waals surface area contributed by atoms with Crippen LogP contribution in [0, 0.1) is 5.82 Å². The van der Waals surface area contributed by atoms with Crippen LogP contribution in [-0.2, 0) is 16.0 Å². The lowest BCUT2D eigenvalue weighted by atomic mass is 10.0. The highest BCUT2D eigenvalue weighted by Crippen LogP contribution is 2.34.